The Bertz CT molecular complexity index is 1000. The molecule has 3 rings (SSSR count). The monoisotopic (exact) mass is 375 g/mol. The smallest absolute Gasteiger partial charge is 0.271 e. The molecule has 0 aliphatic carbocycles. The van der Waals surface area contributed by atoms with Crippen LogP contribution in [0.1, 0.15) is 21.5 Å². The summed E-state index contributed by atoms with van der Waals surface area (Å²) in [6, 6.07) is 22.5. The van der Waals surface area contributed by atoms with Gasteiger partial charge in [0.15, 0.2) is 0 Å². The molecule has 0 unspecified atom stereocenters. The highest BCUT2D eigenvalue weighted by Crippen LogP contribution is 2.18. The molecule has 0 fully saturated rings. The topological polar surface area (TPSA) is 93.8 Å². The number of non-ortho nitro benzene ring substituents is 1. The molecule has 140 valence electrons. The van der Waals surface area contributed by atoms with Gasteiger partial charge in [0.05, 0.1) is 11.1 Å². The number of nitro benzene ring substituents is 1. The Balaban J connectivity index is 1.65. The predicted molar refractivity (Wildman–Crippen MR) is 105 cm³/mol. The van der Waals surface area contributed by atoms with Gasteiger partial charge in [0.2, 0.25) is 0 Å². The van der Waals surface area contributed by atoms with Crippen LogP contribution >= 0.6 is 0 Å². The molecule has 0 saturated heterocycles. The molecule has 3 aromatic carbocycles. The fourth-order valence-corrected chi connectivity index (χ4v) is 2.44. The van der Waals surface area contributed by atoms with E-state index in [0.29, 0.717) is 17.9 Å². The first kappa shape index (κ1) is 18.8. The lowest BCUT2D eigenvalue weighted by Gasteiger charge is -2.09. The van der Waals surface area contributed by atoms with Crippen LogP contribution in [0.3, 0.4) is 0 Å². The third-order valence-corrected chi connectivity index (χ3v) is 3.85. The molecule has 28 heavy (non-hydrogen) atoms. The molecule has 1 amide bonds. The van der Waals surface area contributed by atoms with Gasteiger partial charge in [0, 0.05) is 23.3 Å². The number of rotatable bonds is 7. The van der Waals surface area contributed by atoms with E-state index in [4.69, 9.17) is 4.74 Å². The number of ether oxygens (including phenoxy) is 1. The largest absolute Gasteiger partial charge is 0.488 e. The Morgan fingerprint density at radius 1 is 1.04 bits per heavy atom. The first-order valence-corrected chi connectivity index (χ1v) is 8.47. The maximum Gasteiger partial charge on any atom is 0.271 e. The lowest BCUT2D eigenvalue weighted by atomic mass is 10.2. The number of hydrogen-bond acceptors (Lipinski definition) is 5. The van der Waals surface area contributed by atoms with Crippen LogP contribution in [0.25, 0.3) is 0 Å². The molecule has 1 N–H and O–H groups in total. The summed E-state index contributed by atoms with van der Waals surface area (Å²) < 4.78 is 5.83. The minimum atomic E-state index is -0.555. The molecule has 0 saturated carbocycles. The van der Waals surface area contributed by atoms with Crippen LogP contribution in [0.2, 0.25) is 0 Å². The quantitative estimate of drug-likeness (QED) is 0.384. The molecule has 7 heteroatoms. The Labute approximate surface area is 161 Å². The number of para-hydroxylation sites is 1. The van der Waals surface area contributed by atoms with Gasteiger partial charge in [-0.05, 0) is 23.8 Å². The highest BCUT2D eigenvalue weighted by molar-refractivity contribution is 5.95. The summed E-state index contributed by atoms with van der Waals surface area (Å²) in [5.74, 6) is 0.0855. The molecule has 0 aliphatic heterocycles. The van der Waals surface area contributed by atoms with Crippen molar-refractivity contribution in [3.8, 4) is 5.75 Å². The maximum atomic E-state index is 12.1. The van der Waals surface area contributed by atoms with Crippen molar-refractivity contribution in [1.82, 2.24) is 5.43 Å². The van der Waals surface area contributed by atoms with Gasteiger partial charge >= 0.3 is 0 Å². The van der Waals surface area contributed by atoms with Crippen molar-refractivity contribution in [2.75, 3.05) is 0 Å². The molecule has 0 aliphatic rings. The number of amides is 1. The second kappa shape index (κ2) is 9.09. The highest BCUT2D eigenvalue weighted by atomic mass is 16.6. The van der Waals surface area contributed by atoms with E-state index < -0.39 is 10.8 Å². The Kier molecular flexibility index (Phi) is 6.10. The summed E-state index contributed by atoms with van der Waals surface area (Å²) in [6.07, 6.45) is 1.47. The zero-order chi connectivity index (χ0) is 19.8. The van der Waals surface area contributed by atoms with Gasteiger partial charge < -0.3 is 4.74 Å². The summed E-state index contributed by atoms with van der Waals surface area (Å²) in [5.41, 5.74) is 4.09. The van der Waals surface area contributed by atoms with E-state index in [0.717, 1.165) is 5.56 Å². The number of hydrazone groups is 1. The molecular formula is C21H17N3O4. The summed E-state index contributed by atoms with van der Waals surface area (Å²) in [5, 5.41) is 14.7. The van der Waals surface area contributed by atoms with Crippen LogP contribution in [-0.2, 0) is 6.61 Å². The number of carbonyl (C=O) groups is 1. The third-order valence-electron chi connectivity index (χ3n) is 3.85. The number of hydrogen-bond donors (Lipinski definition) is 1. The zero-order valence-electron chi connectivity index (χ0n) is 14.8. The molecule has 0 atom stereocenters. The van der Waals surface area contributed by atoms with Crippen LogP contribution < -0.4 is 10.2 Å². The fraction of sp³-hybridized carbons (Fsp3) is 0.0476. The number of nitro groups is 1. The van der Waals surface area contributed by atoms with E-state index >= 15 is 0 Å². The van der Waals surface area contributed by atoms with E-state index in [1.54, 1.807) is 0 Å². The van der Waals surface area contributed by atoms with Gasteiger partial charge in [-0.25, -0.2) is 5.43 Å². The molecule has 0 bridgehead atoms. The Morgan fingerprint density at radius 3 is 2.57 bits per heavy atom. The van der Waals surface area contributed by atoms with E-state index in [1.165, 1.54) is 30.5 Å². The SMILES string of the molecule is O=C(NN=Cc1ccccc1OCc1ccccc1)c1cccc([N+](=O)[O-])c1. The molecule has 0 aromatic heterocycles. The second-order valence-corrected chi connectivity index (χ2v) is 5.82. The normalized spacial score (nSPS) is 10.6. The molecular weight excluding hydrogens is 358 g/mol. The van der Waals surface area contributed by atoms with E-state index in [2.05, 4.69) is 10.5 Å². The van der Waals surface area contributed by atoms with Crippen LogP contribution in [0.5, 0.6) is 5.75 Å². The summed E-state index contributed by atoms with van der Waals surface area (Å²) in [6.45, 7) is 0.408. The summed E-state index contributed by atoms with van der Waals surface area (Å²) in [7, 11) is 0. The fourth-order valence-electron chi connectivity index (χ4n) is 2.44. The zero-order valence-corrected chi connectivity index (χ0v) is 14.8. The van der Waals surface area contributed by atoms with E-state index in [-0.39, 0.29) is 11.3 Å². The molecule has 7 nitrogen and oxygen atoms in total. The Hall–Kier alpha value is -4.00. The minimum Gasteiger partial charge on any atom is -0.488 e. The van der Waals surface area contributed by atoms with Gasteiger partial charge in [0.1, 0.15) is 12.4 Å². The van der Waals surface area contributed by atoms with Crippen molar-refractivity contribution in [3.63, 3.8) is 0 Å². The van der Waals surface area contributed by atoms with Crippen molar-refractivity contribution in [3.05, 3.63) is 106 Å². The highest BCUT2D eigenvalue weighted by Gasteiger charge is 2.10. The average Bonchev–Trinajstić information content (AvgIpc) is 2.73. The maximum absolute atomic E-state index is 12.1. The molecule has 3 aromatic rings. The van der Waals surface area contributed by atoms with Crippen molar-refractivity contribution >= 4 is 17.8 Å². The van der Waals surface area contributed by atoms with Crippen molar-refractivity contribution in [2.24, 2.45) is 5.10 Å². The predicted octanol–water partition coefficient (Wildman–Crippen LogP) is 3.94. The van der Waals surface area contributed by atoms with Gasteiger partial charge in [-0.15, -0.1) is 0 Å². The lowest BCUT2D eigenvalue weighted by molar-refractivity contribution is -0.384. The lowest BCUT2D eigenvalue weighted by Crippen LogP contribution is -2.17. The van der Waals surface area contributed by atoms with Gasteiger partial charge in [0.25, 0.3) is 11.6 Å². The number of carbonyl (C=O) groups excluding carboxylic acids is 1. The van der Waals surface area contributed by atoms with E-state index in [1.807, 2.05) is 54.6 Å². The van der Waals surface area contributed by atoms with E-state index in [9.17, 15) is 14.9 Å². The minimum absolute atomic E-state index is 0.153. The van der Waals surface area contributed by atoms with Gasteiger partial charge in [-0.1, -0.05) is 48.5 Å². The average molecular weight is 375 g/mol. The second-order valence-electron chi connectivity index (χ2n) is 5.82. The van der Waals surface area contributed by atoms with Crippen LogP contribution in [0.15, 0.2) is 84.0 Å². The van der Waals surface area contributed by atoms with Gasteiger partial charge in [-0.3, -0.25) is 14.9 Å². The van der Waals surface area contributed by atoms with Crippen molar-refractivity contribution in [1.29, 1.82) is 0 Å². The standard InChI is InChI=1S/C21H17N3O4/c25-21(17-10-6-11-19(13-17)24(26)27)23-22-14-18-9-4-5-12-20(18)28-15-16-7-2-1-3-8-16/h1-14H,15H2,(H,23,25). The number of nitrogens with one attached hydrogen (secondary N) is 1. The van der Waals surface area contributed by atoms with Crippen molar-refractivity contribution in [2.45, 2.75) is 6.61 Å². The molecule has 0 heterocycles. The summed E-state index contributed by atoms with van der Waals surface area (Å²) in [4.78, 5) is 22.4. The molecule has 0 spiro atoms. The van der Waals surface area contributed by atoms with Crippen LogP contribution in [-0.4, -0.2) is 17.0 Å². The third kappa shape index (κ3) is 5.01. The molecule has 0 radical (unpaired) electrons. The Morgan fingerprint density at radius 2 is 1.79 bits per heavy atom. The van der Waals surface area contributed by atoms with Gasteiger partial charge in [-0.2, -0.15) is 5.10 Å². The van der Waals surface area contributed by atoms with Crippen LogP contribution in [0.4, 0.5) is 5.69 Å². The first-order chi connectivity index (χ1) is 13.6. The summed E-state index contributed by atoms with van der Waals surface area (Å²) >= 11 is 0. The number of benzene rings is 3. The van der Waals surface area contributed by atoms with Crippen LogP contribution in [0, 0.1) is 10.1 Å². The number of nitrogens with zero attached hydrogens (tertiary/aromatic N) is 2. The first-order valence-electron chi connectivity index (χ1n) is 8.47. The van der Waals surface area contributed by atoms with Crippen molar-refractivity contribution < 1.29 is 14.5 Å².